The van der Waals surface area contributed by atoms with Gasteiger partial charge in [0, 0.05) is 11.3 Å². The number of methoxy groups -OCH3 is 1. The minimum atomic E-state index is -3.39. The van der Waals surface area contributed by atoms with Crippen LogP contribution in [0.2, 0.25) is 0 Å². The third-order valence-electron chi connectivity index (χ3n) is 3.13. The van der Waals surface area contributed by atoms with E-state index in [2.05, 4.69) is 10.0 Å². The number of hydrogen-bond acceptors (Lipinski definition) is 4. The summed E-state index contributed by atoms with van der Waals surface area (Å²) in [5, 5.41) is 2.74. The molecule has 0 saturated heterocycles. The third kappa shape index (κ3) is 4.46. The summed E-state index contributed by atoms with van der Waals surface area (Å²) in [6, 6.07) is 13.3. The highest BCUT2D eigenvalue weighted by Gasteiger charge is 2.12. The Morgan fingerprint density at radius 3 is 2.57 bits per heavy atom. The van der Waals surface area contributed by atoms with Gasteiger partial charge in [0.05, 0.1) is 18.6 Å². The van der Waals surface area contributed by atoms with Crippen LogP contribution in [0.25, 0.3) is 0 Å². The lowest BCUT2D eigenvalue weighted by Crippen LogP contribution is -2.16. The molecule has 0 spiro atoms. The van der Waals surface area contributed by atoms with Gasteiger partial charge >= 0.3 is 0 Å². The monoisotopic (exact) mass is 334 g/mol. The van der Waals surface area contributed by atoms with Crippen LogP contribution >= 0.6 is 0 Å². The van der Waals surface area contributed by atoms with Gasteiger partial charge in [0.15, 0.2) is 0 Å². The van der Waals surface area contributed by atoms with Gasteiger partial charge in [-0.15, -0.1) is 0 Å². The normalized spacial score (nSPS) is 10.9. The van der Waals surface area contributed by atoms with Crippen molar-refractivity contribution >= 4 is 27.3 Å². The molecule has 0 aliphatic heterocycles. The van der Waals surface area contributed by atoms with Crippen molar-refractivity contribution in [2.45, 2.75) is 6.92 Å². The van der Waals surface area contributed by atoms with Gasteiger partial charge in [-0.25, -0.2) is 8.42 Å². The molecule has 2 aromatic rings. The van der Waals surface area contributed by atoms with Gasteiger partial charge < -0.3 is 10.1 Å². The Morgan fingerprint density at radius 1 is 1.13 bits per heavy atom. The first kappa shape index (κ1) is 16.8. The van der Waals surface area contributed by atoms with Crippen molar-refractivity contribution in [2.24, 2.45) is 0 Å². The van der Waals surface area contributed by atoms with E-state index in [1.165, 1.54) is 13.2 Å². The van der Waals surface area contributed by atoms with E-state index in [1.807, 2.05) is 0 Å². The number of nitrogens with one attached hydrogen (secondary N) is 2. The van der Waals surface area contributed by atoms with Gasteiger partial charge in [0.1, 0.15) is 5.75 Å². The summed E-state index contributed by atoms with van der Waals surface area (Å²) in [6.45, 7) is 1.54. The van der Waals surface area contributed by atoms with Crippen LogP contribution in [-0.4, -0.2) is 27.2 Å². The number of hydrogen-bond donors (Lipinski definition) is 2. The second-order valence-corrected chi connectivity index (χ2v) is 6.75. The Balaban J connectivity index is 2.20. The maximum atomic E-state index is 12.3. The van der Waals surface area contributed by atoms with Gasteiger partial charge in [-0.1, -0.05) is 18.2 Å². The van der Waals surface area contributed by atoms with Gasteiger partial charge in [-0.3, -0.25) is 9.52 Å². The lowest BCUT2D eigenvalue weighted by Gasteiger charge is -2.11. The Labute approximate surface area is 135 Å². The molecule has 0 bridgehead atoms. The maximum absolute atomic E-state index is 12.3. The van der Waals surface area contributed by atoms with Crippen LogP contribution in [0.4, 0.5) is 11.4 Å². The van der Waals surface area contributed by atoms with Gasteiger partial charge in [0.25, 0.3) is 5.91 Å². The van der Waals surface area contributed by atoms with Crippen molar-refractivity contribution in [3.63, 3.8) is 0 Å². The van der Waals surface area contributed by atoms with E-state index in [0.717, 1.165) is 0 Å². The van der Waals surface area contributed by atoms with Crippen LogP contribution in [0.3, 0.4) is 0 Å². The second kappa shape index (κ2) is 7.15. The molecule has 2 N–H and O–H groups in total. The quantitative estimate of drug-likeness (QED) is 0.850. The number of para-hydroxylation sites is 2. The fraction of sp³-hybridized carbons (Fsp3) is 0.188. The fourth-order valence-corrected chi connectivity index (χ4v) is 2.55. The van der Waals surface area contributed by atoms with Crippen LogP contribution in [-0.2, 0) is 10.0 Å². The molecular formula is C16H18N2O4S. The number of benzene rings is 2. The van der Waals surface area contributed by atoms with E-state index in [9.17, 15) is 13.2 Å². The number of carbonyl (C=O) groups is 1. The summed E-state index contributed by atoms with van der Waals surface area (Å²) in [4.78, 5) is 12.3. The van der Waals surface area contributed by atoms with E-state index in [-0.39, 0.29) is 11.7 Å². The molecule has 0 aliphatic rings. The summed E-state index contributed by atoms with van der Waals surface area (Å²) in [5.74, 6) is 0.153. The standard InChI is InChI=1S/C16H18N2O4S/c1-3-23(20,21)18-13-8-6-7-12(11-13)16(19)17-14-9-4-5-10-15(14)22-2/h4-11,18H,3H2,1-2H3,(H,17,19). The lowest BCUT2D eigenvalue weighted by atomic mass is 10.2. The van der Waals surface area contributed by atoms with Crippen molar-refractivity contribution in [3.05, 3.63) is 54.1 Å². The largest absolute Gasteiger partial charge is 0.495 e. The molecule has 0 radical (unpaired) electrons. The first-order chi connectivity index (χ1) is 10.9. The molecule has 0 aliphatic carbocycles. The van der Waals surface area contributed by atoms with Crippen LogP contribution in [0.15, 0.2) is 48.5 Å². The summed E-state index contributed by atoms with van der Waals surface area (Å²) in [6.07, 6.45) is 0. The van der Waals surface area contributed by atoms with E-state index in [0.29, 0.717) is 22.7 Å². The highest BCUT2D eigenvalue weighted by molar-refractivity contribution is 7.92. The molecule has 1 amide bonds. The molecule has 0 aromatic heterocycles. The Bertz CT molecular complexity index is 803. The fourth-order valence-electron chi connectivity index (χ4n) is 1.92. The summed E-state index contributed by atoms with van der Waals surface area (Å²) in [5.41, 5.74) is 1.23. The zero-order valence-electron chi connectivity index (χ0n) is 12.9. The van der Waals surface area contributed by atoms with Crippen LogP contribution in [0.5, 0.6) is 5.75 Å². The highest BCUT2D eigenvalue weighted by Crippen LogP contribution is 2.24. The molecular weight excluding hydrogens is 316 g/mol. The number of amides is 1. The van der Waals surface area contributed by atoms with Crippen molar-refractivity contribution < 1.29 is 17.9 Å². The number of ether oxygens (including phenoxy) is 1. The predicted molar refractivity (Wildman–Crippen MR) is 90.5 cm³/mol. The summed E-state index contributed by atoms with van der Waals surface area (Å²) >= 11 is 0. The minimum Gasteiger partial charge on any atom is -0.495 e. The zero-order chi connectivity index (χ0) is 16.9. The first-order valence-electron chi connectivity index (χ1n) is 7.00. The van der Waals surface area contributed by atoms with Crippen molar-refractivity contribution in [1.29, 1.82) is 0 Å². The summed E-state index contributed by atoms with van der Waals surface area (Å²) in [7, 11) is -1.87. The molecule has 0 saturated carbocycles. The Hall–Kier alpha value is -2.54. The van der Waals surface area contributed by atoms with Crippen LogP contribution in [0.1, 0.15) is 17.3 Å². The van der Waals surface area contributed by atoms with Gasteiger partial charge in [0.2, 0.25) is 10.0 Å². The predicted octanol–water partition coefficient (Wildman–Crippen LogP) is 2.71. The van der Waals surface area contributed by atoms with Crippen LogP contribution in [0, 0.1) is 0 Å². The minimum absolute atomic E-state index is 0.0371. The average molecular weight is 334 g/mol. The van der Waals surface area contributed by atoms with Crippen molar-refractivity contribution in [2.75, 3.05) is 22.9 Å². The zero-order valence-corrected chi connectivity index (χ0v) is 13.7. The molecule has 0 unspecified atom stereocenters. The second-order valence-electron chi connectivity index (χ2n) is 4.74. The summed E-state index contributed by atoms with van der Waals surface area (Å²) < 4.78 is 30.8. The topological polar surface area (TPSA) is 84.5 Å². The maximum Gasteiger partial charge on any atom is 0.255 e. The molecule has 0 atom stereocenters. The molecule has 0 fully saturated rings. The van der Waals surface area contributed by atoms with Crippen LogP contribution < -0.4 is 14.8 Å². The number of anilines is 2. The van der Waals surface area contributed by atoms with Gasteiger partial charge in [-0.05, 0) is 37.3 Å². The van der Waals surface area contributed by atoms with E-state index < -0.39 is 10.0 Å². The smallest absolute Gasteiger partial charge is 0.255 e. The molecule has 2 aromatic carbocycles. The van der Waals surface area contributed by atoms with E-state index in [1.54, 1.807) is 49.4 Å². The molecule has 2 rings (SSSR count). The lowest BCUT2D eigenvalue weighted by molar-refractivity contribution is 0.102. The van der Waals surface area contributed by atoms with E-state index in [4.69, 9.17) is 4.74 Å². The number of rotatable bonds is 6. The highest BCUT2D eigenvalue weighted by atomic mass is 32.2. The average Bonchev–Trinajstić information content (AvgIpc) is 2.55. The van der Waals surface area contributed by atoms with Crippen molar-refractivity contribution in [1.82, 2.24) is 0 Å². The molecule has 122 valence electrons. The Morgan fingerprint density at radius 2 is 1.87 bits per heavy atom. The molecule has 7 heteroatoms. The van der Waals surface area contributed by atoms with E-state index >= 15 is 0 Å². The van der Waals surface area contributed by atoms with Gasteiger partial charge in [-0.2, -0.15) is 0 Å². The first-order valence-corrected chi connectivity index (χ1v) is 8.65. The Kier molecular flexibility index (Phi) is 5.23. The third-order valence-corrected chi connectivity index (χ3v) is 4.44. The molecule has 23 heavy (non-hydrogen) atoms. The SMILES string of the molecule is CCS(=O)(=O)Nc1cccc(C(=O)Nc2ccccc2OC)c1. The van der Waals surface area contributed by atoms with Crippen molar-refractivity contribution in [3.8, 4) is 5.75 Å². The number of carbonyl (C=O) groups excluding carboxylic acids is 1. The molecule has 6 nitrogen and oxygen atoms in total. The molecule has 0 heterocycles. The number of sulfonamides is 1.